The van der Waals surface area contributed by atoms with Gasteiger partial charge in [-0.3, -0.25) is 0 Å². The zero-order valence-corrected chi connectivity index (χ0v) is 7.15. The van der Waals surface area contributed by atoms with Crippen LogP contribution in [0.25, 0.3) is 0 Å². The molecule has 0 unspecified atom stereocenters. The van der Waals surface area contributed by atoms with Crippen molar-refractivity contribution in [3.63, 3.8) is 0 Å². The van der Waals surface area contributed by atoms with Crippen LogP contribution in [0.1, 0.15) is 0 Å². The third-order valence-corrected chi connectivity index (χ3v) is 2.39. The predicted molar refractivity (Wildman–Crippen MR) is 47.6 cm³/mol. The Morgan fingerprint density at radius 2 is 2.00 bits per heavy atom. The van der Waals surface area contributed by atoms with Gasteiger partial charge in [0, 0.05) is 10.6 Å². The summed E-state index contributed by atoms with van der Waals surface area (Å²) < 4.78 is 23.6. The predicted octanol–water partition coefficient (Wildman–Crippen LogP) is 2.63. The summed E-state index contributed by atoms with van der Waals surface area (Å²) in [5, 5.41) is 0. The van der Waals surface area contributed by atoms with E-state index in [0.717, 1.165) is 16.7 Å². The topological polar surface area (TPSA) is 26.0 Å². The lowest BCUT2D eigenvalue weighted by atomic mass is 10.3. The highest BCUT2D eigenvalue weighted by molar-refractivity contribution is 7.99. The molecular formula is C8H9F2NS. The summed E-state index contributed by atoms with van der Waals surface area (Å²) in [6.45, 7) is 0. The molecule has 0 aliphatic heterocycles. The second-order valence-corrected chi connectivity index (χ2v) is 3.30. The lowest BCUT2D eigenvalue weighted by molar-refractivity contribution is 0.177. The maximum absolute atomic E-state index is 11.8. The van der Waals surface area contributed by atoms with Crippen molar-refractivity contribution in [3.05, 3.63) is 24.3 Å². The number of hydrogen-bond donors (Lipinski definition) is 1. The van der Waals surface area contributed by atoms with E-state index in [1.54, 1.807) is 24.3 Å². The lowest BCUT2D eigenvalue weighted by Crippen LogP contribution is -1.95. The Labute approximate surface area is 74.0 Å². The molecule has 2 N–H and O–H groups in total. The molecule has 0 aromatic heterocycles. The van der Waals surface area contributed by atoms with E-state index in [4.69, 9.17) is 5.73 Å². The minimum atomic E-state index is -2.28. The van der Waals surface area contributed by atoms with Gasteiger partial charge in [0.25, 0.3) is 0 Å². The molecule has 0 saturated heterocycles. The fourth-order valence-corrected chi connectivity index (χ4v) is 1.48. The molecule has 12 heavy (non-hydrogen) atoms. The molecule has 1 aromatic carbocycles. The van der Waals surface area contributed by atoms with Gasteiger partial charge in [-0.15, -0.1) is 11.8 Å². The molecule has 0 heterocycles. The fourth-order valence-electron chi connectivity index (χ4n) is 0.765. The first-order valence-electron chi connectivity index (χ1n) is 3.45. The Kier molecular flexibility index (Phi) is 3.34. The molecule has 0 spiro atoms. The van der Waals surface area contributed by atoms with Crippen molar-refractivity contribution in [2.45, 2.75) is 11.3 Å². The first kappa shape index (κ1) is 9.32. The largest absolute Gasteiger partial charge is 0.398 e. The van der Waals surface area contributed by atoms with Crippen LogP contribution >= 0.6 is 11.8 Å². The summed E-state index contributed by atoms with van der Waals surface area (Å²) in [7, 11) is 0. The first-order valence-corrected chi connectivity index (χ1v) is 4.44. The van der Waals surface area contributed by atoms with E-state index in [1.165, 1.54) is 0 Å². The van der Waals surface area contributed by atoms with Crippen LogP contribution in [0, 0.1) is 0 Å². The van der Waals surface area contributed by atoms with Crippen molar-refractivity contribution >= 4 is 17.4 Å². The minimum absolute atomic E-state index is 0.200. The van der Waals surface area contributed by atoms with Crippen molar-refractivity contribution in [1.82, 2.24) is 0 Å². The minimum Gasteiger partial charge on any atom is -0.398 e. The third kappa shape index (κ3) is 2.70. The molecule has 0 amide bonds. The fraction of sp³-hybridized carbons (Fsp3) is 0.250. The average Bonchev–Trinajstić information content (AvgIpc) is 2.03. The molecule has 0 radical (unpaired) electrons. The van der Waals surface area contributed by atoms with Crippen LogP contribution in [-0.2, 0) is 0 Å². The molecule has 1 nitrogen and oxygen atoms in total. The molecule has 4 heteroatoms. The molecule has 0 aliphatic carbocycles. The Hall–Kier alpha value is -0.770. The van der Waals surface area contributed by atoms with Crippen molar-refractivity contribution < 1.29 is 8.78 Å². The summed E-state index contributed by atoms with van der Waals surface area (Å²) >= 11 is 1.08. The first-order chi connectivity index (χ1) is 5.70. The van der Waals surface area contributed by atoms with E-state index in [1.807, 2.05) is 0 Å². The van der Waals surface area contributed by atoms with Gasteiger partial charge in [0.15, 0.2) is 0 Å². The molecule has 0 aliphatic rings. The number of para-hydroxylation sites is 1. The van der Waals surface area contributed by atoms with Gasteiger partial charge in [-0.1, -0.05) is 12.1 Å². The Morgan fingerprint density at radius 1 is 1.33 bits per heavy atom. The number of halogens is 2. The summed E-state index contributed by atoms with van der Waals surface area (Å²) in [4.78, 5) is 0.720. The number of rotatable bonds is 3. The van der Waals surface area contributed by atoms with E-state index >= 15 is 0 Å². The molecular weight excluding hydrogens is 180 g/mol. The van der Waals surface area contributed by atoms with Gasteiger partial charge in [0.1, 0.15) is 0 Å². The highest BCUT2D eigenvalue weighted by Gasteiger charge is 2.04. The van der Waals surface area contributed by atoms with Crippen LogP contribution in [0.3, 0.4) is 0 Å². The zero-order valence-electron chi connectivity index (χ0n) is 6.34. The van der Waals surface area contributed by atoms with Gasteiger partial charge in [-0.05, 0) is 12.1 Å². The zero-order chi connectivity index (χ0) is 8.97. The SMILES string of the molecule is Nc1ccccc1SCC(F)F. The van der Waals surface area contributed by atoms with E-state index in [9.17, 15) is 8.78 Å². The van der Waals surface area contributed by atoms with Crippen LogP contribution in [0.4, 0.5) is 14.5 Å². The Morgan fingerprint density at radius 3 is 2.58 bits per heavy atom. The van der Waals surface area contributed by atoms with Crippen LogP contribution in [-0.4, -0.2) is 12.2 Å². The Bertz CT molecular complexity index is 253. The Balaban J connectivity index is 2.57. The standard InChI is InChI=1S/C8H9F2NS/c9-8(10)5-12-7-4-2-1-3-6(7)11/h1-4,8H,5,11H2. The summed E-state index contributed by atoms with van der Waals surface area (Å²) in [6.07, 6.45) is -2.28. The van der Waals surface area contributed by atoms with E-state index in [0.29, 0.717) is 5.69 Å². The molecule has 0 saturated carbocycles. The number of benzene rings is 1. The average molecular weight is 189 g/mol. The smallest absolute Gasteiger partial charge is 0.247 e. The molecule has 1 rings (SSSR count). The number of anilines is 1. The van der Waals surface area contributed by atoms with Gasteiger partial charge >= 0.3 is 0 Å². The third-order valence-electron chi connectivity index (χ3n) is 1.28. The maximum atomic E-state index is 11.8. The van der Waals surface area contributed by atoms with Crippen molar-refractivity contribution in [2.75, 3.05) is 11.5 Å². The highest BCUT2D eigenvalue weighted by Crippen LogP contribution is 2.25. The second kappa shape index (κ2) is 4.30. The van der Waals surface area contributed by atoms with Crippen molar-refractivity contribution in [1.29, 1.82) is 0 Å². The van der Waals surface area contributed by atoms with E-state index in [-0.39, 0.29) is 5.75 Å². The maximum Gasteiger partial charge on any atom is 0.247 e. The normalized spacial score (nSPS) is 10.6. The molecule has 0 bridgehead atoms. The number of thioether (sulfide) groups is 1. The quantitative estimate of drug-likeness (QED) is 0.584. The lowest BCUT2D eigenvalue weighted by Gasteiger charge is -2.03. The summed E-state index contributed by atoms with van der Waals surface area (Å²) in [6, 6.07) is 7.00. The molecule has 1 aromatic rings. The molecule has 0 atom stereocenters. The van der Waals surface area contributed by atoms with Gasteiger partial charge < -0.3 is 5.73 Å². The number of nitrogens with two attached hydrogens (primary N) is 1. The van der Waals surface area contributed by atoms with Crippen LogP contribution in [0.2, 0.25) is 0 Å². The van der Waals surface area contributed by atoms with Gasteiger partial charge in [-0.2, -0.15) is 0 Å². The van der Waals surface area contributed by atoms with Crippen molar-refractivity contribution in [2.24, 2.45) is 0 Å². The van der Waals surface area contributed by atoms with Crippen LogP contribution < -0.4 is 5.73 Å². The van der Waals surface area contributed by atoms with Gasteiger partial charge in [0.05, 0.1) is 5.75 Å². The van der Waals surface area contributed by atoms with Gasteiger partial charge in [0.2, 0.25) is 6.43 Å². The number of nitrogen functional groups attached to an aromatic ring is 1. The second-order valence-electron chi connectivity index (χ2n) is 2.24. The van der Waals surface area contributed by atoms with Crippen molar-refractivity contribution in [3.8, 4) is 0 Å². The molecule has 0 fully saturated rings. The van der Waals surface area contributed by atoms with E-state index in [2.05, 4.69) is 0 Å². The summed E-state index contributed by atoms with van der Waals surface area (Å²) in [5.41, 5.74) is 6.10. The monoisotopic (exact) mass is 189 g/mol. The van der Waals surface area contributed by atoms with Crippen LogP contribution in [0.5, 0.6) is 0 Å². The highest BCUT2D eigenvalue weighted by atomic mass is 32.2. The summed E-state index contributed by atoms with van der Waals surface area (Å²) in [5.74, 6) is -0.200. The van der Waals surface area contributed by atoms with Gasteiger partial charge in [-0.25, -0.2) is 8.78 Å². The van der Waals surface area contributed by atoms with Crippen LogP contribution in [0.15, 0.2) is 29.2 Å². The molecule has 66 valence electrons. The van der Waals surface area contributed by atoms with E-state index < -0.39 is 6.43 Å². The number of hydrogen-bond acceptors (Lipinski definition) is 2. The number of alkyl halides is 2.